The SMILES string of the molecule is O=C(O)c1csc(CNCCN2CCCC2)c1. The Bertz CT molecular complexity index is 372. The number of likely N-dealkylation sites (tertiary alicyclic amines) is 1. The van der Waals surface area contributed by atoms with Crippen LogP contribution >= 0.6 is 11.3 Å². The Balaban J connectivity index is 1.65. The molecule has 0 bridgehead atoms. The zero-order chi connectivity index (χ0) is 12.1. The molecule has 0 atom stereocenters. The molecule has 0 radical (unpaired) electrons. The average molecular weight is 254 g/mol. The molecule has 0 unspecified atom stereocenters. The van der Waals surface area contributed by atoms with Crippen molar-refractivity contribution in [2.45, 2.75) is 19.4 Å². The summed E-state index contributed by atoms with van der Waals surface area (Å²) in [5, 5.41) is 13.8. The summed E-state index contributed by atoms with van der Waals surface area (Å²) in [6.07, 6.45) is 2.65. The van der Waals surface area contributed by atoms with Crippen molar-refractivity contribution in [1.82, 2.24) is 10.2 Å². The predicted molar refractivity (Wildman–Crippen MR) is 68.7 cm³/mol. The fourth-order valence-electron chi connectivity index (χ4n) is 2.04. The van der Waals surface area contributed by atoms with Crippen LogP contribution in [0.15, 0.2) is 11.4 Å². The summed E-state index contributed by atoms with van der Waals surface area (Å²) in [7, 11) is 0. The number of hydrogen-bond donors (Lipinski definition) is 2. The fourth-order valence-corrected chi connectivity index (χ4v) is 2.87. The molecule has 1 aromatic rings. The van der Waals surface area contributed by atoms with Gasteiger partial charge >= 0.3 is 5.97 Å². The zero-order valence-corrected chi connectivity index (χ0v) is 10.6. The molecule has 2 heterocycles. The Morgan fingerprint density at radius 1 is 1.47 bits per heavy atom. The van der Waals surface area contributed by atoms with E-state index in [1.165, 1.54) is 37.3 Å². The van der Waals surface area contributed by atoms with Crippen molar-refractivity contribution in [3.8, 4) is 0 Å². The van der Waals surface area contributed by atoms with Crippen molar-refractivity contribution in [3.63, 3.8) is 0 Å². The van der Waals surface area contributed by atoms with Crippen molar-refractivity contribution in [2.75, 3.05) is 26.2 Å². The number of carbonyl (C=O) groups is 1. The molecule has 1 saturated heterocycles. The lowest BCUT2D eigenvalue weighted by Gasteiger charge is -2.14. The van der Waals surface area contributed by atoms with Gasteiger partial charge in [0.1, 0.15) is 0 Å². The Labute approximate surface area is 105 Å². The highest BCUT2D eigenvalue weighted by Gasteiger charge is 2.10. The van der Waals surface area contributed by atoms with E-state index in [0.29, 0.717) is 5.56 Å². The van der Waals surface area contributed by atoms with Crippen LogP contribution in [0.5, 0.6) is 0 Å². The summed E-state index contributed by atoms with van der Waals surface area (Å²) < 4.78 is 0. The van der Waals surface area contributed by atoms with Gasteiger partial charge in [-0.15, -0.1) is 11.3 Å². The maximum absolute atomic E-state index is 10.7. The molecule has 0 saturated carbocycles. The number of rotatable bonds is 6. The Morgan fingerprint density at radius 2 is 2.24 bits per heavy atom. The van der Waals surface area contributed by atoms with Gasteiger partial charge in [0.25, 0.3) is 0 Å². The van der Waals surface area contributed by atoms with E-state index in [2.05, 4.69) is 10.2 Å². The Hall–Kier alpha value is -0.910. The van der Waals surface area contributed by atoms with Gasteiger partial charge in [-0.3, -0.25) is 0 Å². The van der Waals surface area contributed by atoms with E-state index in [1.807, 2.05) is 0 Å². The van der Waals surface area contributed by atoms with Crippen molar-refractivity contribution in [3.05, 3.63) is 21.9 Å². The summed E-state index contributed by atoms with van der Waals surface area (Å²) in [6.45, 7) is 5.29. The number of carboxylic acid groups (broad SMARTS) is 1. The summed E-state index contributed by atoms with van der Waals surface area (Å²) in [4.78, 5) is 14.2. The third-order valence-electron chi connectivity index (χ3n) is 3.00. The maximum Gasteiger partial charge on any atom is 0.336 e. The van der Waals surface area contributed by atoms with E-state index >= 15 is 0 Å². The highest BCUT2D eigenvalue weighted by molar-refractivity contribution is 7.10. The minimum Gasteiger partial charge on any atom is -0.478 e. The number of nitrogens with zero attached hydrogens (tertiary/aromatic N) is 1. The molecule has 4 nitrogen and oxygen atoms in total. The third-order valence-corrected chi connectivity index (χ3v) is 3.94. The van der Waals surface area contributed by atoms with Gasteiger partial charge in [0.2, 0.25) is 0 Å². The van der Waals surface area contributed by atoms with Gasteiger partial charge in [0, 0.05) is 29.9 Å². The smallest absolute Gasteiger partial charge is 0.336 e. The Kier molecular flexibility index (Phi) is 4.53. The molecule has 2 rings (SSSR count). The molecule has 1 aliphatic heterocycles. The Morgan fingerprint density at radius 3 is 2.88 bits per heavy atom. The molecule has 5 heteroatoms. The first-order valence-electron chi connectivity index (χ1n) is 5.99. The van der Waals surface area contributed by atoms with Crippen LogP contribution in [-0.2, 0) is 6.54 Å². The molecule has 0 spiro atoms. The van der Waals surface area contributed by atoms with Crippen molar-refractivity contribution < 1.29 is 9.90 Å². The number of thiophene rings is 1. The fraction of sp³-hybridized carbons (Fsp3) is 0.583. The highest BCUT2D eigenvalue weighted by atomic mass is 32.1. The number of nitrogens with one attached hydrogen (secondary N) is 1. The normalized spacial score (nSPS) is 16.5. The van der Waals surface area contributed by atoms with Crippen molar-refractivity contribution >= 4 is 17.3 Å². The molecule has 17 heavy (non-hydrogen) atoms. The van der Waals surface area contributed by atoms with E-state index in [4.69, 9.17) is 5.11 Å². The lowest BCUT2D eigenvalue weighted by Crippen LogP contribution is -2.29. The van der Waals surface area contributed by atoms with Crippen LogP contribution < -0.4 is 5.32 Å². The van der Waals surface area contributed by atoms with Gasteiger partial charge < -0.3 is 15.3 Å². The molecule has 94 valence electrons. The standard InChI is InChI=1S/C12H18N2O2S/c15-12(16)10-7-11(17-9-10)8-13-3-6-14-4-1-2-5-14/h7,9,13H,1-6,8H2,(H,15,16). The second-order valence-corrected chi connectivity index (χ2v) is 5.33. The summed E-state index contributed by atoms with van der Waals surface area (Å²) in [5.74, 6) is -0.843. The number of aromatic carboxylic acids is 1. The summed E-state index contributed by atoms with van der Waals surface area (Å²) in [5.41, 5.74) is 0.395. The predicted octanol–water partition coefficient (Wildman–Crippen LogP) is 1.63. The summed E-state index contributed by atoms with van der Waals surface area (Å²) in [6, 6.07) is 1.75. The monoisotopic (exact) mass is 254 g/mol. The quantitative estimate of drug-likeness (QED) is 0.758. The summed E-state index contributed by atoms with van der Waals surface area (Å²) >= 11 is 1.50. The van der Waals surface area contributed by atoms with Gasteiger partial charge in [-0.25, -0.2) is 4.79 Å². The highest BCUT2D eigenvalue weighted by Crippen LogP contribution is 2.14. The van der Waals surface area contributed by atoms with Crippen molar-refractivity contribution in [2.24, 2.45) is 0 Å². The molecule has 1 aromatic heterocycles. The average Bonchev–Trinajstić information content (AvgIpc) is 2.96. The van der Waals surface area contributed by atoms with E-state index < -0.39 is 5.97 Å². The first-order chi connectivity index (χ1) is 8.25. The molecule has 0 aliphatic carbocycles. The van der Waals surface area contributed by atoms with E-state index in [1.54, 1.807) is 11.4 Å². The van der Waals surface area contributed by atoms with Crippen LogP contribution in [0.4, 0.5) is 0 Å². The molecule has 1 aliphatic rings. The minimum atomic E-state index is -0.843. The van der Waals surface area contributed by atoms with Gasteiger partial charge in [-0.05, 0) is 32.0 Å². The minimum absolute atomic E-state index is 0.395. The molecule has 2 N–H and O–H groups in total. The van der Waals surface area contributed by atoms with Crippen LogP contribution in [0.3, 0.4) is 0 Å². The number of hydrogen-bond acceptors (Lipinski definition) is 4. The molecule has 1 fully saturated rings. The molecule has 0 amide bonds. The van der Waals surface area contributed by atoms with E-state index in [0.717, 1.165) is 24.5 Å². The van der Waals surface area contributed by atoms with E-state index in [9.17, 15) is 4.79 Å². The first-order valence-corrected chi connectivity index (χ1v) is 6.87. The van der Waals surface area contributed by atoms with Gasteiger partial charge in [-0.2, -0.15) is 0 Å². The zero-order valence-electron chi connectivity index (χ0n) is 9.82. The lowest BCUT2D eigenvalue weighted by molar-refractivity contribution is 0.0697. The maximum atomic E-state index is 10.7. The molecule has 0 aromatic carbocycles. The van der Waals surface area contributed by atoms with Crippen LogP contribution in [-0.4, -0.2) is 42.2 Å². The van der Waals surface area contributed by atoms with Crippen LogP contribution in [0, 0.1) is 0 Å². The lowest BCUT2D eigenvalue weighted by atomic mass is 10.3. The van der Waals surface area contributed by atoms with Crippen LogP contribution in [0.25, 0.3) is 0 Å². The second kappa shape index (κ2) is 6.14. The largest absolute Gasteiger partial charge is 0.478 e. The van der Waals surface area contributed by atoms with E-state index in [-0.39, 0.29) is 0 Å². The topological polar surface area (TPSA) is 52.6 Å². The third kappa shape index (κ3) is 3.80. The van der Waals surface area contributed by atoms with Gasteiger partial charge in [0.05, 0.1) is 5.56 Å². The van der Waals surface area contributed by atoms with Gasteiger partial charge in [-0.1, -0.05) is 0 Å². The van der Waals surface area contributed by atoms with Crippen molar-refractivity contribution in [1.29, 1.82) is 0 Å². The van der Waals surface area contributed by atoms with Crippen LogP contribution in [0.2, 0.25) is 0 Å². The van der Waals surface area contributed by atoms with Crippen LogP contribution in [0.1, 0.15) is 28.1 Å². The second-order valence-electron chi connectivity index (χ2n) is 4.33. The molecular formula is C12H18N2O2S. The van der Waals surface area contributed by atoms with Gasteiger partial charge in [0.15, 0.2) is 0 Å². The molecular weight excluding hydrogens is 236 g/mol. The first kappa shape index (κ1) is 12.5. The number of carboxylic acids is 1.